The minimum Gasteiger partial charge on any atom is -0.504 e. The Bertz CT molecular complexity index is 2470. The van der Waals surface area contributed by atoms with E-state index in [1.807, 2.05) is 0 Å². The zero-order valence-corrected chi connectivity index (χ0v) is 27.4. The van der Waals surface area contributed by atoms with Gasteiger partial charge in [0.25, 0.3) is 0 Å². The van der Waals surface area contributed by atoms with Gasteiger partial charge in [-0.05, 0) is 24.3 Å². The van der Waals surface area contributed by atoms with Gasteiger partial charge in [0.05, 0.1) is 23.3 Å². The third-order valence-electron chi connectivity index (χ3n) is 9.36. The van der Waals surface area contributed by atoms with Crippen LogP contribution < -0.4 is 0 Å². The molecular formula is C34H24O22. The lowest BCUT2D eigenvalue weighted by atomic mass is 9.82. The predicted octanol–water partition coefficient (Wildman–Crippen LogP) is 0.0538. The largest absolute Gasteiger partial charge is 0.504 e. The van der Waals surface area contributed by atoms with Crippen molar-refractivity contribution < 1.29 is 110 Å². The van der Waals surface area contributed by atoms with Crippen LogP contribution in [0.3, 0.4) is 0 Å². The molecule has 0 amide bonds. The molecule has 0 aromatic heterocycles. The maximum atomic E-state index is 14.9. The lowest BCUT2D eigenvalue weighted by Crippen LogP contribution is -2.71. The molecule has 4 aromatic carbocycles. The number of ether oxygens (including phenoxy) is 4. The van der Waals surface area contributed by atoms with Crippen molar-refractivity contribution in [3.8, 4) is 91.2 Å². The number of hydrogen-bond donors (Lipinski definition) is 14. The molecule has 3 aliphatic rings. The van der Waals surface area contributed by atoms with E-state index in [4.69, 9.17) is 18.9 Å². The van der Waals surface area contributed by atoms with E-state index in [9.17, 15) is 90.7 Å². The fourth-order valence-electron chi connectivity index (χ4n) is 6.70. The molecule has 0 aliphatic carbocycles. The van der Waals surface area contributed by atoms with Gasteiger partial charge in [-0.25, -0.2) is 14.4 Å². The molecule has 3 heterocycles. The Morgan fingerprint density at radius 3 is 1.27 bits per heavy atom. The van der Waals surface area contributed by atoms with E-state index in [-0.39, 0.29) is 0 Å². The molecule has 5 atom stereocenters. The van der Waals surface area contributed by atoms with Crippen molar-refractivity contribution >= 4 is 23.7 Å². The van der Waals surface area contributed by atoms with Crippen LogP contribution in [0.5, 0.6) is 69.0 Å². The monoisotopic (exact) mass is 784 g/mol. The fraction of sp³-hybridized carbons (Fsp3) is 0.176. The number of aromatic hydroxyl groups is 12. The minimum absolute atomic E-state index is 0.388. The Labute approximate surface area is 307 Å². The summed E-state index contributed by atoms with van der Waals surface area (Å²) >= 11 is 0. The van der Waals surface area contributed by atoms with E-state index in [1.165, 1.54) is 0 Å². The van der Waals surface area contributed by atoms with E-state index in [1.54, 1.807) is 0 Å². The van der Waals surface area contributed by atoms with Gasteiger partial charge in [0.15, 0.2) is 52.1 Å². The van der Waals surface area contributed by atoms with Crippen molar-refractivity contribution in [1.29, 1.82) is 0 Å². The number of fused-ring (bicyclic) bond motifs is 8. The number of phenols is 12. The van der Waals surface area contributed by atoms with Crippen molar-refractivity contribution in [2.24, 2.45) is 0 Å². The number of aliphatic hydroxyl groups excluding tert-OH is 2. The molecule has 1 spiro atoms. The van der Waals surface area contributed by atoms with Gasteiger partial charge in [-0.3, -0.25) is 4.79 Å². The first-order chi connectivity index (χ1) is 26.3. The summed E-state index contributed by atoms with van der Waals surface area (Å²) in [7, 11) is 0. The molecular weight excluding hydrogens is 760 g/mol. The van der Waals surface area contributed by atoms with Crippen LogP contribution in [0, 0.1) is 0 Å². The standard InChI is InChI=1S/C34H24O22/c35-5-14-23(44)28-30(54-32(51)8-3-12(38)21(42)26(47)17(8)16-7(31(50)53-28)2-11(37)20(41)25(16)46)34(55-14)29(49)6-1-10(36)19(40)24(45)15(6)18-9(33(52)56-34)4-13(39)22(43)27(18)48/h1-4,14,23,28,30,35-48H,5H2/t14-,23-,28+,30-,34?/m1/s1. The van der Waals surface area contributed by atoms with E-state index in [0.29, 0.717) is 24.3 Å². The van der Waals surface area contributed by atoms with Crippen molar-refractivity contribution in [1.82, 2.24) is 0 Å². The van der Waals surface area contributed by atoms with Gasteiger partial charge in [-0.2, -0.15) is 0 Å². The highest BCUT2D eigenvalue weighted by Gasteiger charge is 2.66. The van der Waals surface area contributed by atoms with Crippen LogP contribution in [0.15, 0.2) is 24.3 Å². The second-order valence-corrected chi connectivity index (χ2v) is 12.5. The molecule has 1 unspecified atom stereocenters. The number of hydrogen-bond acceptors (Lipinski definition) is 22. The number of carbonyl (C=O) groups excluding carboxylic acids is 4. The summed E-state index contributed by atoms with van der Waals surface area (Å²) in [6.45, 7) is -1.33. The van der Waals surface area contributed by atoms with Crippen LogP contribution in [0.2, 0.25) is 0 Å². The van der Waals surface area contributed by atoms with Gasteiger partial charge in [-0.15, -0.1) is 0 Å². The zero-order chi connectivity index (χ0) is 41.0. The maximum Gasteiger partial charge on any atom is 0.342 e. The summed E-state index contributed by atoms with van der Waals surface area (Å²) in [6, 6.07) is 1.64. The molecule has 14 N–H and O–H groups in total. The quantitative estimate of drug-likeness (QED) is 0.0689. The summed E-state index contributed by atoms with van der Waals surface area (Å²) in [5.41, 5.74) is -8.57. The Kier molecular flexibility index (Phi) is 8.04. The van der Waals surface area contributed by atoms with E-state index in [0.717, 1.165) is 0 Å². The highest BCUT2D eigenvalue weighted by molar-refractivity contribution is 6.16. The normalized spacial score (nSPS) is 22.9. The molecule has 292 valence electrons. The van der Waals surface area contributed by atoms with Crippen LogP contribution in [-0.2, 0) is 18.9 Å². The Morgan fingerprint density at radius 2 is 0.857 bits per heavy atom. The number of esters is 3. The molecule has 56 heavy (non-hydrogen) atoms. The summed E-state index contributed by atoms with van der Waals surface area (Å²) in [5, 5.41) is 148. The first-order valence-corrected chi connectivity index (χ1v) is 15.6. The molecule has 1 fully saturated rings. The molecule has 0 radical (unpaired) electrons. The highest BCUT2D eigenvalue weighted by atomic mass is 16.8. The molecule has 0 bridgehead atoms. The van der Waals surface area contributed by atoms with Crippen LogP contribution in [0.1, 0.15) is 41.4 Å². The average Bonchev–Trinajstić information content (AvgIpc) is 3.15. The van der Waals surface area contributed by atoms with Gasteiger partial charge < -0.3 is 90.4 Å². The predicted molar refractivity (Wildman–Crippen MR) is 173 cm³/mol. The molecule has 7 rings (SSSR count). The topological polar surface area (TPSA) is 388 Å². The summed E-state index contributed by atoms with van der Waals surface area (Å²) in [6.07, 6.45) is -9.99. The summed E-state index contributed by atoms with van der Waals surface area (Å²) < 4.78 is 22.0. The lowest BCUT2D eigenvalue weighted by molar-refractivity contribution is -0.318. The third-order valence-corrected chi connectivity index (χ3v) is 9.36. The van der Waals surface area contributed by atoms with Gasteiger partial charge in [-0.1, -0.05) is 0 Å². The third kappa shape index (κ3) is 4.86. The summed E-state index contributed by atoms with van der Waals surface area (Å²) in [4.78, 5) is 57.1. The SMILES string of the molecule is O=C1O[C@H]2[C@H](O)[C@@H](CO)OC3(OC(=O)c4cc(O)c(O)c(O)c4-c4c(cc(O)c(O)c4O)C3=O)[C@@H]2OC(=O)c2cc(O)c(O)c(O)c2-c2c1cc(O)c(O)c2O. The van der Waals surface area contributed by atoms with Crippen molar-refractivity contribution in [3.63, 3.8) is 0 Å². The van der Waals surface area contributed by atoms with E-state index >= 15 is 0 Å². The Morgan fingerprint density at radius 1 is 0.500 bits per heavy atom. The number of Topliss-reactive ketones (excluding diaryl/α,β-unsaturated/α-hetero) is 1. The maximum absolute atomic E-state index is 14.9. The number of rotatable bonds is 1. The van der Waals surface area contributed by atoms with Crippen molar-refractivity contribution in [3.05, 3.63) is 46.5 Å². The van der Waals surface area contributed by atoms with Crippen LogP contribution in [-0.4, -0.2) is 132 Å². The first kappa shape index (κ1) is 36.8. The average molecular weight is 785 g/mol. The second-order valence-electron chi connectivity index (χ2n) is 12.5. The minimum atomic E-state index is -3.68. The Balaban J connectivity index is 1.57. The van der Waals surface area contributed by atoms with Crippen LogP contribution in [0.4, 0.5) is 0 Å². The van der Waals surface area contributed by atoms with Crippen LogP contribution in [0.25, 0.3) is 22.3 Å². The van der Waals surface area contributed by atoms with Gasteiger partial charge >= 0.3 is 23.7 Å². The van der Waals surface area contributed by atoms with Gasteiger partial charge in [0.2, 0.25) is 34.9 Å². The number of carbonyl (C=O) groups is 4. The number of phenolic OH excluding ortho intramolecular Hbond substituents is 12. The number of aliphatic hydroxyl groups is 2. The van der Waals surface area contributed by atoms with E-state index in [2.05, 4.69) is 0 Å². The molecule has 22 heteroatoms. The first-order valence-electron chi connectivity index (χ1n) is 15.6. The highest BCUT2D eigenvalue weighted by Crippen LogP contribution is 2.57. The van der Waals surface area contributed by atoms with Gasteiger partial charge in [0.1, 0.15) is 12.2 Å². The van der Waals surface area contributed by atoms with Crippen LogP contribution >= 0.6 is 0 Å². The van der Waals surface area contributed by atoms with E-state index < -0.39 is 174 Å². The summed E-state index contributed by atoms with van der Waals surface area (Å²) in [5.74, 6) is -27.2. The number of ketones is 1. The fourth-order valence-corrected chi connectivity index (χ4v) is 6.70. The molecule has 0 saturated carbocycles. The lowest BCUT2D eigenvalue weighted by Gasteiger charge is -2.49. The van der Waals surface area contributed by atoms with Crippen molar-refractivity contribution in [2.45, 2.75) is 30.2 Å². The zero-order valence-electron chi connectivity index (χ0n) is 27.4. The molecule has 22 nitrogen and oxygen atoms in total. The smallest absolute Gasteiger partial charge is 0.342 e. The van der Waals surface area contributed by atoms with Crippen molar-refractivity contribution in [2.75, 3.05) is 6.61 Å². The van der Waals surface area contributed by atoms with Gasteiger partial charge in [0, 0.05) is 27.8 Å². The molecule has 3 aliphatic heterocycles. The Hall–Kier alpha value is -7.56. The molecule has 1 saturated heterocycles. The number of benzene rings is 4. The second kappa shape index (κ2) is 12.2. The molecule has 4 aromatic rings.